The van der Waals surface area contributed by atoms with Gasteiger partial charge >= 0.3 is 0 Å². The summed E-state index contributed by atoms with van der Waals surface area (Å²) in [5, 5.41) is 2.66. The first kappa shape index (κ1) is 16.3. The van der Waals surface area contributed by atoms with Gasteiger partial charge in [-0.15, -0.1) is 0 Å². The van der Waals surface area contributed by atoms with Crippen LogP contribution in [0.1, 0.15) is 5.56 Å². The minimum absolute atomic E-state index is 0.0898. The van der Waals surface area contributed by atoms with E-state index in [4.69, 9.17) is 4.74 Å². The second-order valence-electron chi connectivity index (χ2n) is 5.58. The Morgan fingerprint density at radius 3 is 2.79 bits per heavy atom. The maximum Gasteiger partial charge on any atom is 0.268 e. The third-order valence-corrected chi connectivity index (χ3v) is 4.74. The van der Waals surface area contributed by atoms with Crippen LogP contribution in [0.15, 0.2) is 42.6 Å². The van der Waals surface area contributed by atoms with Crippen molar-refractivity contribution in [2.45, 2.75) is 13.0 Å². The van der Waals surface area contributed by atoms with Gasteiger partial charge in [0.2, 0.25) is 10.0 Å². The van der Waals surface area contributed by atoms with Crippen LogP contribution in [0.25, 0.3) is 0 Å². The summed E-state index contributed by atoms with van der Waals surface area (Å²) in [5.41, 5.74) is 1.38. The number of pyridine rings is 1. The van der Waals surface area contributed by atoms with Crippen molar-refractivity contribution in [1.29, 1.82) is 0 Å². The molecule has 2 heterocycles. The van der Waals surface area contributed by atoms with Crippen molar-refractivity contribution in [2.24, 2.45) is 0 Å². The van der Waals surface area contributed by atoms with E-state index in [0.717, 1.165) is 11.8 Å². The van der Waals surface area contributed by atoms with Gasteiger partial charge in [0.25, 0.3) is 5.91 Å². The molecule has 1 amide bonds. The number of anilines is 2. The van der Waals surface area contributed by atoms with E-state index >= 15 is 0 Å². The zero-order valence-electron chi connectivity index (χ0n) is 13.3. The number of carbonyl (C=O) groups excluding carboxylic acids is 1. The van der Waals surface area contributed by atoms with Gasteiger partial charge in [0.15, 0.2) is 6.10 Å². The largest absolute Gasteiger partial charge is 0.476 e. The Morgan fingerprint density at radius 2 is 2.08 bits per heavy atom. The summed E-state index contributed by atoms with van der Waals surface area (Å²) >= 11 is 0. The van der Waals surface area contributed by atoms with Crippen LogP contribution in [0.5, 0.6) is 5.75 Å². The quantitative estimate of drug-likeness (QED) is 0.910. The van der Waals surface area contributed by atoms with Crippen molar-refractivity contribution in [3.8, 4) is 5.75 Å². The number of nitrogens with one attached hydrogen (secondary N) is 1. The van der Waals surface area contributed by atoms with Crippen LogP contribution in [-0.2, 0) is 14.8 Å². The molecule has 0 radical (unpaired) electrons. The number of fused-ring (bicyclic) bond motifs is 1. The number of aromatic nitrogens is 1. The molecular formula is C16H17N3O4S. The standard InChI is InChI=1S/C16H17N3O4S/c1-11-7-8-17-15(9-11)18-16(20)14-10-19(24(2,21)22)12-5-3-4-6-13(12)23-14/h3-9,14H,10H2,1-2H3,(H,17,18,20)/t14-/m1/s1. The molecule has 3 rings (SSSR count). The maximum atomic E-state index is 12.5. The van der Waals surface area contributed by atoms with Crippen LogP contribution in [0.3, 0.4) is 0 Å². The first-order chi connectivity index (χ1) is 11.3. The number of amides is 1. The van der Waals surface area contributed by atoms with Gasteiger partial charge in [0, 0.05) is 6.20 Å². The fraction of sp³-hybridized carbons (Fsp3) is 0.250. The average Bonchev–Trinajstić information content (AvgIpc) is 2.53. The van der Waals surface area contributed by atoms with Crippen LogP contribution < -0.4 is 14.4 Å². The molecule has 1 atom stereocenters. The van der Waals surface area contributed by atoms with Crippen LogP contribution in [0.4, 0.5) is 11.5 Å². The molecule has 8 heteroatoms. The lowest BCUT2D eigenvalue weighted by molar-refractivity contribution is -0.122. The highest BCUT2D eigenvalue weighted by Crippen LogP contribution is 2.34. The Labute approximate surface area is 140 Å². The van der Waals surface area contributed by atoms with Gasteiger partial charge in [-0.25, -0.2) is 13.4 Å². The molecule has 2 aromatic rings. The zero-order valence-corrected chi connectivity index (χ0v) is 14.1. The topological polar surface area (TPSA) is 88.6 Å². The number of para-hydroxylation sites is 2. The van der Waals surface area contributed by atoms with Crippen molar-refractivity contribution in [3.05, 3.63) is 48.2 Å². The molecule has 7 nitrogen and oxygen atoms in total. The third kappa shape index (κ3) is 3.33. The highest BCUT2D eigenvalue weighted by Gasteiger charge is 2.34. The van der Waals surface area contributed by atoms with Crippen molar-refractivity contribution in [3.63, 3.8) is 0 Å². The number of hydrogen-bond donors (Lipinski definition) is 1. The summed E-state index contributed by atoms with van der Waals surface area (Å²) in [6.07, 6.45) is 1.73. The molecule has 1 N–H and O–H groups in total. The van der Waals surface area contributed by atoms with Gasteiger partial charge in [-0.05, 0) is 36.8 Å². The van der Waals surface area contributed by atoms with Crippen LogP contribution >= 0.6 is 0 Å². The predicted molar refractivity (Wildman–Crippen MR) is 90.7 cm³/mol. The number of ether oxygens (including phenoxy) is 1. The summed E-state index contributed by atoms with van der Waals surface area (Å²) in [6, 6.07) is 10.3. The number of sulfonamides is 1. The van der Waals surface area contributed by atoms with Gasteiger partial charge in [-0.1, -0.05) is 12.1 Å². The SMILES string of the molecule is Cc1ccnc(NC(=O)[C@H]2CN(S(C)(=O)=O)c3ccccc3O2)c1. The lowest BCUT2D eigenvalue weighted by atomic mass is 10.2. The molecule has 1 aromatic heterocycles. The van der Waals surface area contributed by atoms with Crippen molar-refractivity contribution in [1.82, 2.24) is 4.98 Å². The molecule has 0 aliphatic carbocycles. The minimum Gasteiger partial charge on any atom is -0.476 e. The maximum absolute atomic E-state index is 12.5. The second-order valence-corrected chi connectivity index (χ2v) is 7.48. The minimum atomic E-state index is -3.53. The van der Waals surface area contributed by atoms with E-state index < -0.39 is 22.0 Å². The molecule has 0 saturated carbocycles. The third-order valence-electron chi connectivity index (χ3n) is 3.59. The molecule has 126 valence electrons. The fourth-order valence-electron chi connectivity index (χ4n) is 2.46. The summed E-state index contributed by atoms with van der Waals surface area (Å²) in [7, 11) is -3.53. The number of carbonyl (C=O) groups is 1. The molecular weight excluding hydrogens is 330 g/mol. The number of rotatable bonds is 3. The van der Waals surface area contributed by atoms with Crippen LogP contribution in [-0.4, -0.2) is 38.2 Å². The van der Waals surface area contributed by atoms with E-state index in [1.807, 2.05) is 13.0 Å². The summed E-state index contributed by atoms with van der Waals surface area (Å²) in [6.45, 7) is 1.80. The molecule has 0 spiro atoms. The second kappa shape index (κ2) is 6.12. The number of benzene rings is 1. The van der Waals surface area contributed by atoms with Crippen molar-refractivity contribution < 1.29 is 17.9 Å². The zero-order chi connectivity index (χ0) is 17.3. The Morgan fingerprint density at radius 1 is 1.33 bits per heavy atom. The Balaban J connectivity index is 1.86. The first-order valence-electron chi connectivity index (χ1n) is 7.31. The molecule has 1 aliphatic heterocycles. The summed E-state index contributed by atoms with van der Waals surface area (Å²) in [4.78, 5) is 16.5. The van der Waals surface area contributed by atoms with Gasteiger partial charge in [0.05, 0.1) is 18.5 Å². The van der Waals surface area contributed by atoms with E-state index in [0.29, 0.717) is 17.3 Å². The molecule has 0 fully saturated rings. The molecule has 1 aliphatic rings. The van der Waals surface area contributed by atoms with Crippen molar-refractivity contribution >= 4 is 27.4 Å². The smallest absolute Gasteiger partial charge is 0.268 e. The summed E-state index contributed by atoms with van der Waals surface area (Å²) < 4.78 is 30.9. The predicted octanol–water partition coefficient (Wildman–Crippen LogP) is 1.56. The Hall–Kier alpha value is -2.61. The van der Waals surface area contributed by atoms with Gasteiger partial charge in [0.1, 0.15) is 11.6 Å². The Bertz CT molecular complexity index is 882. The van der Waals surface area contributed by atoms with E-state index in [1.54, 1.807) is 36.5 Å². The Kier molecular flexibility index (Phi) is 4.15. The molecule has 0 saturated heterocycles. The van der Waals surface area contributed by atoms with E-state index in [9.17, 15) is 13.2 Å². The van der Waals surface area contributed by atoms with Gasteiger partial charge in [-0.2, -0.15) is 0 Å². The molecule has 24 heavy (non-hydrogen) atoms. The van der Waals surface area contributed by atoms with Gasteiger partial charge < -0.3 is 10.1 Å². The van der Waals surface area contributed by atoms with Crippen LogP contribution in [0.2, 0.25) is 0 Å². The summed E-state index contributed by atoms with van der Waals surface area (Å²) in [5.74, 6) is 0.302. The number of aryl methyl sites for hydroxylation is 1. The lowest BCUT2D eigenvalue weighted by Gasteiger charge is -2.33. The van der Waals surface area contributed by atoms with E-state index in [-0.39, 0.29) is 6.54 Å². The monoisotopic (exact) mass is 347 g/mol. The highest BCUT2D eigenvalue weighted by molar-refractivity contribution is 7.92. The van der Waals surface area contributed by atoms with E-state index in [1.165, 1.54) is 4.31 Å². The van der Waals surface area contributed by atoms with Crippen LogP contribution in [0, 0.1) is 6.92 Å². The van der Waals surface area contributed by atoms with E-state index in [2.05, 4.69) is 10.3 Å². The lowest BCUT2D eigenvalue weighted by Crippen LogP contribution is -2.48. The normalized spacial score (nSPS) is 16.9. The number of nitrogens with zero attached hydrogens (tertiary/aromatic N) is 2. The fourth-order valence-corrected chi connectivity index (χ4v) is 3.38. The first-order valence-corrected chi connectivity index (χ1v) is 9.16. The van der Waals surface area contributed by atoms with Crippen molar-refractivity contribution in [2.75, 3.05) is 22.4 Å². The van der Waals surface area contributed by atoms with Gasteiger partial charge in [-0.3, -0.25) is 9.10 Å². The number of hydrogen-bond acceptors (Lipinski definition) is 5. The molecule has 1 aromatic carbocycles. The average molecular weight is 347 g/mol. The molecule has 0 unspecified atom stereocenters. The highest BCUT2D eigenvalue weighted by atomic mass is 32.2. The molecule has 0 bridgehead atoms.